The molecule has 0 N–H and O–H groups in total. The molecule has 1 heterocycles. The molecule has 0 bridgehead atoms. The van der Waals surface area contributed by atoms with Crippen LogP contribution in [0.2, 0.25) is 0 Å². The molecule has 1 aromatic heterocycles. The topological polar surface area (TPSA) is 47.8 Å². The van der Waals surface area contributed by atoms with Gasteiger partial charge in [-0.15, -0.1) is 0 Å². The highest BCUT2D eigenvalue weighted by Gasteiger charge is 2.10. The first-order valence-corrected chi connectivity index (χ1v) is 6.04. The van der Waals surface area contributed by atoms with E-state index in [0.29, 0.717) is 11.0 Å². The first kappa shape index (κ1) is 10.0. The van der Waals surface area contributed by atoms with E-state index in [0.717, 1.165) is 5.56 Å². The summed E-state index contributed by atoms with van der Waals surface area (Å²) in [7, 11) is 0.642. The minimum absolute atomic E-state index is 0.494. The zero-order chi connectivity index (χ0) is 10.8. The van der Waals surface area contributed by atoms with Gasteiger partial charge in [0.25, 0.3) is 0 Å². The Labute approximate surface area is 90.4 Å². The van der Waals surface area contributed by atoms with Crippen LogP contribution in [0, 0.1) is 0 Å². The lowest BCUT2D eigenvalue weighted by Gasteiger charge is -1.91. The summed E-state index contributed by atoms with van der Waals surface area (Å²) in [5.74, 6) is 0.614. The molecule has 0 aliphatic rings. The number of aryl methyl sites for hydroxylation is 1. The van der Waals surface area contributed by atoms with Gasteiger partial charge in [-0.3, -0.25) is 4.21 Å². The molecule has 4 nitrogen and oxygen atoms in total. The van der Waals surface area contributed by atoms with Gasteiger partial charge >= 0.3 is 0 Å². The molecular formula is C10H11N3OS. The summed E-state index contributed by atoms with van der Waals surface area (Å²) in [5.41, 5.74) is 0.935. The van der Waals surface area contributed by atoms with E-state index in [-0.39, 0.29) is 0 Å². The number of benzene rings is 1. The molecule has 0 radical (unpaired) electrons. The maximum absolute atomic E-state index is 11.3. The zero-order valence-corrected chi connectivity index (χ0v) is 9.36. The highest BCUT2D eigenvalue weighted by Crippen LogP contribution is 2.15. The molecule has 0 aliphatic heterocycles. The van der Waals surface area contributed by atoms with Crippen LogP contribution >= 0.6 is 0 Å². The van der Waals surface area contributed by atoms with Crippen molar-refractivity contribution in [1.29, 1.82) is 0 Å². The number of rotatable bonds is 2. The van der Waals surface area contributed by atoms with Crippen LogP contribution in [0.25, 0.3) is 11.4 Å². The van der Waals surface area contributed by atoms with E-state index < -0.39 is 10.8 Å². The molecule has 15 heavy (non-hydrogen) atoms. The lowest BCUT2D eigenvalue weighted by atomic mass is 10.2. The van der Waals surface area contributed by atoms with Crippen LogP contribution in [0.5, 0.6) is 0 Å². The van der Waals surface area contributed by atoms with Crippen LogP contribution in [0.3, 0.4) is 0 Å². The van der Waals surface area contributed by atoms with Gasteiger partial charge in [0.15, 0.2) is 5.82 Å². The van der Waals surface area contributed by atoms with Gasteiger partial charge in [0.1, 0.15) is 0 Å². The van der Waals surface area contributed by atoms with Gasteiger partial charge in [0, 0.05) is 18.9 Å². The summed E-state index contributed by atoms with van der Waals surface area (Å²) in [6, 6.07) is 9.64. The normalized spacial score (nSPS) is 12.7. The fraction of sp³-hybridized carbons (Fsp3) is 0.200. The Kier molecular flexibility index (Phi) is 2.64. The Balaban J connectivity index is 2.48. The molecule has 1 aromatic carbocycles. The van der Waals surface area contributed by atoms with Crippen molar-refractivity contribution in [2.75, 3.05) is 6.26 Å². The minimum atomic E-state index is -1.10. The molecule has 0 fully saturated rings. The van der Waals surface area contributed by atoms with Crippen molar-refractivity contribution in [3.8, 4) is 11.4 Å². The molecule has 78 valence electrons. The van der Waals surface area contributed by atoms with Gasteiger partial charge in [-0.05, 0) is 0 Å². The second-order valence-corrected chi connectivity index (χ2v) is 4.44. The van der Waals surface area contributed by atoms with Gasteiger partial charge < -0.3 is 0 Å². The SMILES string of the molecule is Cn1nc(-c2ccccc2)nc1[S@@](C)=O. The van der Waals surface area contributed by atoms with Crippen LogP contribution < -0.4 is 0 Å². The van der Waals surface area contributed by atoms with Gasteiger partial charge in [-0.2, -0.15) is 10.1 Å². The van der Waals surface area contributed by atoms with Crippen LogP contribution in [-0.2, 0) is 17.8 Å². The second-order valence-electron chi connectivity index (χ2n) is 3.16. The van der Waals surface area contributed by atoms with Crippen molar-refractivity contribution < 1.29 is 4.21 Å². The Morgan fingerprint density at radius 2 is 1.93 bits per heavy atom. The molecule has 0 amide bonds. The maximum Gasteiger partial charge on any atom is 0.217 e. The molecular weight excluding hydrogens is 210 g/mol. The summed E-state index contributed by atoms with van der Waals surface area (Å²) >= 11 is 0. The largest absolute Gasteiger partial charge is 0.251 e. The van der Waals surface area contributed by atoms with Crippen molar-refractivity contribution in [3.05, 3.63) is 30.3 Å². The standard InChI is InChI=1S/C10H11N3OS/c1-13-10(15(2)14)11-9(12-13)8-6-4-3-5-7-8/h3-7H,1-2H3/t15-/m1/s1. The fourth-order valence-corrected chi connectivity index (χ4v) is 1.96. The molecule has 0 aliphatic carbocycles. The van der Waals surface area contributed by atoms with E-state index in [1.54, 1.807) is 18.0 Å². The molecule has 2 rings (SSSR count). The third-order valence-corrected chi connectivity index (χ3v) is 2.88. The van der Waals surface area contributed by atoms with E-state index >= 15 is 0 Å². The van der Waals surface area contributed by atoms with Crippen molar-refractivity contribution in [1.82, 2.24) is 14.8 Å². The quantitative estimate of drug-likeness (QED) is 0.766. The van der Waals surface area contributed by atoms with Gasteiger partial charge in [-0.25, -0.2) is 4.68 Å². The predicted molar refractivity (Wildman–Crippen MR) is 58.8 cm³/mol. The Morgan fingerprint density at radius 3 is 2.47 bits per heavy atom. The average molecular weight is 221 g/mol. The highest BCUT2D eigenvalue weighted by molar-refractivity contribution is 7.84. The molecule has 2 aromatic rings. The van der Waals surface area contributed by atoms with Gasteiger partial charge in [0.2, 0.25) is 5.16 Å². The van der Waals surface area contributed by atoms with E-state index in [9.17, 15) is 4.21 Å². The lowest BCUT2D eigenvalue weighted by molar-refractivity contribution is 0.645. The summed E-state index contributed by atoms with van der Waals surface area (Å²) < 4.78 is 12.9. The highest BCUT2D eigenvalue weighted by atomic mass is 32.2. The van der Waals surface area contributed by atoms with E-state index in [1.165, 1.54) is 0 Å². The minimum Gasteiger partial charge on any atom is -0.251 e. The predicted octanol–water partition coefficient (Wildman–Crippen LogP) is 1.22. The molecule has 1 atom stereocenters. The summed E-state index contributed by atoms with van der Waals surface area (Å²) in [5, 5.41) is 4.71. The number of nitrogens with zero attached hydrogens (tertiary/aromatic N) is 3. The van der Waals surface area contributed by atoms with E-state index in [2.05, 4.69) is 10.1 Å². The first-order chi connectivity index (χ1) is 7.18. The molecule has 0 saturated heterocycles. The van der Waals surface area contributed by atoms with Crippen LogP contribution in [0.15, 0.2) is 35.5 Å². The van der Waals surface area contributed by atoms with E-state index in [1.807, 2.05) is 30.3 Å². The average Bonchev–Trinajstić information content (AvgIpc) is 2.62. The number of aromatic nitrogens is 3. The van der Waals surface area contributed by atoms with E-state index in [4.69, 9.17) is 0 Å². The Bertz CT molecular complexity index is 493. The third kappa shape index (κ3) is 1.97. The molecule has 5 heteroatoms. The van der Waals surface area contributed by atoms with Crippen molar-refractivity contribution >= 4 is 10.8 Å². The third-order valence-electron chi connectivity index (χ3n) is 2.01. The van der Waals surface area contributed by atoms with Gasteiger partial charge in [-0.1, -0.05) is 30.3 Å². The van der Waals surface area contributed by atoms with Crippen molar-refractivity contribution in [3.63, 3.8) is 0 Å². The summed E-state index contributed by atoms with van der Waals surface area (Å²) in [6.07, 6.45) is 1.60. The number of hydrogen-bond acceptors (Lipinski definition) is 3. The first-order valence-electron chi connectivity index (χ1n) is 4.48. The smallest absolute Gasteiger partial charge is 0.217 e. The summed E-state index contributed by atoms with van der Waals surface area (Å²) in [4.78, 5) is 4.23. The molecule has 0 spiro atoms. The lowest BCUT2D eigenvalue weighted by Crippen LogP contribution is -2.00. The zero-order valence-electron chi connectivity index (χ0n) is 8.54. The van der Waals surface area contributed by atoms with Crippen molar-refractivity contribution in [2.45, 2.75) is 5.16 Å². The Hall–Kier alpha value is -1.49. The van der Waals surface area contributed by atoms with Gasteiger partial charge in [0.05, 0.1) is 10.8 Å². The molecule has 0 unspecified atom stereocenters. The Morgan fingerprint density at radius 1 is 1.27 bits per heavy atom. The van der Waals surface area contributed by atoms with Crippen LogP contribution in [0.4, 0.5) is 0 Å². The maximum atomic E-state index is 11.3. The molecule has 0 saturated carbocycles. The second kappa shape index (κ2) is 3.94. The monoisotopic (exact) mass is 221 g/mol. The summed E-state index contributed by atoms with van der Waals surface area (Å²) in [6.45, 7) is 0. The number of hydrogen-bond donors (Lipinski definition) is 0. The van der Waals surface area contributed by atoms with Crippen molar-refractivity contribution in [2.24, 2.45) is 7.05 Å². The van der Waals surface area contributed by atoms with Crippen LogP contribution in [0.1, 0.15) is 0 Å². The van der Waals surface area contributed by atoms with Crippen LogP contribution in [-0.4, -0.2) is 25.2 Å². The fourth-order valence-electron chi connectivity index (χ4n) is 1.33.